The fraction of sp³-hybridized carbons (Fsp3) is 0.158. The number of anilines is 1. The van der Waals surface area contributed by atoms with Crippen molar-refractivity contribution in [1.29, 1.82) is 0 Å². The van der Waals surface area contributed by atoms with E-state index in [9.17, 15) is 0 Å². The molecule has 0 amide bonds. The highest BCUT2D eigenvalue weighted by Gasteiger charge is 2.04. The molecular formula is C19H20N2. The van der Waals surface area contributed by atoms with Crippen LogP contribution in [0.2, 0.25) is 0 Å². The molecule has 1 atom stereocenters. The van der Waals surface area contributed by atoms with Gasteiger partial charge in [0.1, 0.15) is 0 Å². The average Bonchev–Trinajstić information content (AvgIpc) is 2.54. The second-order valence-corrected chi connectivity index (χ2v) is 5.26. The van der Waals surface area contributed by atoms with Crippen molar-refractivity contribution in [1.82, 2.24) is 5.32 Å². The molecule has 3 aromatic carbocycles. The predicted octanol–water partition coefficient (Wildman–Crippen LogP) is 4.39. The molecule has 2 nitrogen and oxygen atoms in total. The first-order valence-corrected chi connectivity index (χ1v) is 7.34. The highest BCUT2D eigenvalue weighted by Crippen LogP contribution is 2.23. The van der Waals surface area contributed by atoms with Crippen molar-refractivity contribution >= 4 is 16.5 Å². The van der Waals surface area contributed by atoms with Crippen molar-refractivity contribution in [2.45, 2.75) is 19.6 Å². The minimum absolute atomic E-state index is 0.205. The Morgan fingerprint density at radius 1 is 0.810 bits per heavy atom. The van der Waals surface area contributed by atoms with Gasteiger partial charge in [-0.3, -0.25) is 5.32 Å². The Morgan fingerprint density at radius 2 is 1.52 bits per heavy atom. The maximum absolute atomic E-state index is 3.54. The van der Waals surface area contributed by atoms with Gasteiger partial charge in [-0.2, -0.15) is 0 Å². The molecule has 2 heteroatoms. The first kappa shape index (κ1) is 13.7. The lowest BCUT2D eigenvalue weighted by Gasteiger charge is -2.18. The van der Waals surface area contributed by atoms with Crippen molar-refractivity contribution in [3.63, 3.8) is 0 Å². The summed E-state index contributed by atoms with van der Waals surface area (Å²) >= 11 is 0. The Kier molecular flexibility index (Phi) is 4.17. The van der Waals surface area contributed by atoms with E-state index in [1.54, 1.807) is 0 Å². The van der Waals surface area contributed by atoms with Crippen molar-refractivity contribution in [3.05, 3.63) is 78.4 Å². The van der Waals surface area contributed by atoms with E-state index < -0.39 is 0 Å². The van der Waals surface area contributed by atoms with Crippen LogP contribution in [0.15, 0.2) is 72.8 Å². The van der Waals surface area contributed by atoms with Gasteiger partial charge in [0.25, 0.3) is 0 Å². The standard InChI is InChI=1S/C19H20N2/c1-15(20-14-16-8-3-2-4-9-16)21-19-13-7-11-17-10-5-6-12-18(17)19/h2-13,15,20-21H,14H2,1H3. The van der Waals surface area contributed by atoms with Gasteiger partial charge in [0.2, 0.25) is 0 Å². The number of rotatable bonds is 5. The van der Waals surface area contributed by atoms with Gasteiger partial charge in [-0.05, 0) is 23.9 Å². The van der Waals surface area contributed by atoms with E-state index >= 15 is 0 Å². The summed E-state index contributed by atoms with van der Waals surface area (Å²) in [7, 11) is 0. The van der Waals surface area contributed by atoms with Gasteiger partial charge in [0, 0.05) is 17.6 Å². The van der Waals surface area contributed by atoms with Crippen LogP contribution < -0.4 is 10.6 Å². The molecule has 0 aliphatic carbocycles. The molecule has 0 aromatic heterocycles. The maximum atomic E-state index is 3.54. The Morgan fingerprint density at radius 3 is 2.38 bits per heavy atom. The monoisotopic (exact) mass is 276 g/mol. The van der Waals surface area contributed by atoms with Gasteiger partial charge >= 0.3 is 0 Å². The summed E-state index contributed by atoms with van der Waals surface area (Å²) in [6.07, 6.45) is 0.205. The lowest BCUT2D eigenvalue weighted by Crippen LogP contribution is -2.32. The van der Waals surface area contributed by atoms with Crippen LogP contribution in [0, 0.1) is 0 Å². The van der Waals surface area contributed by atoms with Crippen LogP contribution in [0.25, 0.3) is 10.8 Å². The minimum Gasteiger partial charge on any atom is -0.370 e. The second kappa shape index (κ2) is 6.42. The SMILES string of the molecule is CC(NCc1ccccc1)Nc1cccc2ccccc12. The van der Waals surface area contributed by atoms with Gasteiger partial charge < -0.3 is 5.32 Å². The fourth-order valence-electron chi connectivity index (χ4n) is 2.50. The molecule has 0 fully saturated rings. The summed E-state index contributed by atoms with van der Waals surface area (Å²) in [6, 6.07) is 25.3. The highest BCUT2D eigenvalue weighted by atomic mass is 15.1. The van der Waals surface area contributed by atoms with E-state index in [2.05, 4.69) is 84.3 Å². The molecule has 0 saturated heterocycles. The van der Waals surface area contributed by atoms with Crippen LogP contribution in [0.1, 0.15) is 12.5 Å². The van der Waals surface area contributed by atoms with Crippen LogP contribution in [-0.4, -0.2) is 6.17 Å². The molecule has 0 bridgehead atoms. The summed E-state index contributed by atoms with van der Waals surface area (Å²) in [4.78, 5) is 0. The summed E-state index contributed by atoms with van der Waals surface area (Å²) < 4.78 is 0. The predicted molar refractivity (Wildman–Crippen MR) is 90.3 cm³/mol. The van der Waals surface area contributed by atoms with E-state index in [0.717, 1.165) is 6.54 Å². The first-order chi connectivity index (χ1) is 10.3. The third-order valence-electron chi connectivity index (χ3n) is 3.62. The molecule has 0 aliphatic rings. The lowest BCUT2D eigenvalue weighted by atomic mass is 10.1. The zero-order chi connectivity index (χ0) is 14.5. The fourth-order valence-corrected chi connectivity index (χ4v) is 2.50. The zero-order valence-corrected chi connectivity index (χ0v) is 12.2. The highest BCUT2D eigenvalue weighted by molar-refractivity contribution is 5.93. The molecular weight excluding hydrogens is 256 g/mol. The van der Waals surface area contributed by atoms with E-state index in [1.165, 1.54) is 22.0 Å². The Hall–Kier alpha value is -2.32. The molecule has 106 valence electrons. The number of hydrogen-bond donors (Lipinski definition) is 2. The molecule has 3 rings (SSSR count). The van der Waals surface area contributed by atoms with Gasteiger partial charge in [-0.1, -0.05) is 66.7 Å². The Bertz CT molecular complexity index is 702. The van der Waals surface area contributed by atoms with Crippen LogP contribution in [0.4, 0.5) is 5.69 Å². The quantitative estimate of drug-likeness (QED) is 0.675. The summed E-state index contributed by atoms with van der Waals surface area (Å²) in [5.74, 6) is 0. The third kappa shape index (κ3) is 3.41. The molecule has 1 unspecified atom stereocenters. The Balaban J connectivity index is 1.67. The van der Waals surface area contributed by atoms with Gasteiger partial charge in [-0.15, -0.1) is 0 Å². The van der Waals surface area contributed by atoms with Gasteiger partial charge in [0.15, 0.2) is 0 Å². The molecule has 3 aromatic rings. The largest absolute Gasteiger partial charge is 0.370 e. The summed E-state index contributed by atoms with van der Waals surface area (Å²) in [5.41, 5.74) is 2.46. The molecule has 0 radical (unpaired) electrons. The first-order valence-electron chi connectivity index (χ1n) is 7.34. The average molecular weight is 276 g/mol. The minimum atomic E-state index is 0.205. The van der Waals surface area contributed by atoms with Crippen LogP contribution in [0.3, 0.4) is 0 Å². The molecule has 0 heterocycles. The van der Waals surface area contributed by atoms with Crippen molar-refractivity contribution in [2.24, 2.45) is 0 Å². The van der Waals surface area contributed by atoms with E-state index in [0.29, 0.717) is 0 Å². The van der Waals surface area contributed by atoms with E-state index in [-0.39, 0.29) is 6.17 Å². The number of nitrogens with one attached hydrogen (secondary N) is 2. The van der Waals surface area contributed by atoms with E-state index in [4.69, 9.17) is 0 Å². The smallest absolute Gasteiger partial charge is 0.0742 e. The molecule has 0 aliphatic heterocycles. The molecule has 21 heavy (non-hydrogen) atoms. The van der Waals surface area contributed by atoms with Crippen LogP contribution in [-0.2, 0) is 6.54 Å². The second-order valence-electron chi connectivity index (χ2n) is 5.26. The number of benzene rings is 3. The van der Waals surface area contributed by atoms with Crippen molar-refractivity contribution in [2.75, 3.05) is 5.32 Å². The van der Waals surface area contributed by atoms with Gasteiger partial charge in [-0.25, -0.2) is 0 Å². The van der Waals surface area contributed by atoms with Crippen molar-refractivity contribution in [3.8, 4) is 0 Å². The van der Waals surface area contributed by atoms with E-state index in [1.807, 2.05) is 6.07 Å². The lowest BCUT2D eigenvalue weighted by molar-refractivity contribution is 0.601. The molecule has 0 saturated carbocycles. The Labute approximate surface area is 125 Å². The maximum Gasteiger partial charge on any atom is 0.0742 e. The third-order valence-corrected chi connectivity index (χ3v) is 3.62. The number of hydrogen-bond acceptors (Lipinski definition) is 2. The van der Waals surface area contributed by atoms with Crippen molar-refractivity contribution < 1.29 is 0 Å². The van der Waals surface area contributed by atoms with Crippen LogP contribution >= 0.6 is 0 Å². The topological polar surface area (TPSA) is 24.1 Å². The summed E-state index contributed by atoms with van der Waals surface area (Å²) in [6.45, 7) is 3.00. The zero-order valence-electron chi connectivity index (χ0n) is 12.2. The van der Waals surface area contributed by atoms with Crippen LogP contribution in [0.5, 0.6) is 0 Å². The summed E-state index contributed by atoms with van der Waals surface area (Å²) in [5, 5.41) is 9.56. The molecule has 2 N–H and O–H groups in total. The van der Waals surface area contributed by atoms with Gasteiger partial charge in [0.05, 0.1) is 6.17 Å². The molecule has 0 spiro atoms. The number of fused-ring (bicyclic) bond motifs is 1. The normalized spacial score (nSPS) is 12.2.